The minimum atomic E-state index is -2.66. The van der Waals surface area contributed by atoms with Gasteiger partial charge in [0, 0.05) is 13.1 Å². The molecule has 3 heteroatoms. The average molecular weight is 287 g/mol. The predicted molar refractivity (Wildman–Crippen MR) is 80.6 cm³/mol. The minimum Gasteiger partial charge on any atom is -0.292 e. The first-order valence-electron chi connectivity index (χ1n) is 7.25. The van der Waals surface area contributed by atoms with Crippen LogP contribution in [0.1, 0.15) is 22.6 Å². The minimum absolute atomic E-state index is 0.166. The summed E-state index contributed by atoms with van der Waals surface area (Å²) in [5, 5.41) is 0. The molecule has 21 heavy (non-hydrogen) atoms. The maximum atomic E-state index is 14.3. The Morgan fingerprint density at radius 1 is 1.05 bits per heavy atom. The number of benzene rings is 2. The smallest absolute Gasteiger partial charge is 0.268 e. The summed E-state index contributed by atoms with van der Waals surface area (Å²) in [5.74, 6) is -3.37. The van der Waals surface area contributed by atoms with Gasteiger partial charge >= 0.3 is 0 Å². The lowest BCUT2D eigenvalue weighted by molar-refractivity contribution is -0.00345. The molecule has 0 spiro atoms. The zero-order valence-electron chi connectivity index (χ0n) is 12.1. The van der Waals surface area contributed by atoms with Crippen molar-refractivity contribution >= 4 is 0 Å². The maximum Gasteiger partial charge on any atom is 0.268 e. The molecule has 0 bridgehead atoms. The lowest BCUT2D eigenvalue weighted by Crippen LogP contribution is -2.26. The molecule has 2 aromatic carbocycles. The Morgan fingerprint density at radius 3 is 2.38 bits per heavy atom. The van der Waals surface area contributed by atoms with Gasteiger partial charge in [0.25, 0.3) is 5.92 Å². The van der Waals surface area contributed by atoms with Crippen LogP contribution in [-0.2, 0) is 6.54 Å². The fourth-order valence-electron chi connectivity index (χ4n) is 2.97. The second kappa shape index (κ2) is 5.57. The summed E-state index contributed by atoms with van der Waals surface area (Å²) >= 11 is 0. The Hall–Kier alpha value is -1.74. The van der Waals surface area contributed by atoms with Crippen molar-refractivity contribution in [3.63, 3.8) is 0 Å². The van der Waals surface area contributed by atoms with Crippen molar-refractivity contribution in [3.05, 3.63) is 71.3 Å². The monoisotopic (exact) mass is 287 g/mol. The van der Waals surface area contributed by atoms with Gasteiger partial charge in [-0.15, -0.1) is 0 Å². The number of hydrogen-bond donors (Lipinski definition) is 0. The first-order valence-corrected chi connectivity index (χ1v) is 7.25. The van der Waals surface area contributed by atoms with Crippen molar-refractivity contribution in [1.29, 1.82) is 0 Å². The average Bonchev–Trinajstić information content (AvgIpc) is 2.75. The van der Waals surface area contributed by atoms with E-state index in [1.165, 1.54) is 0 Å². The van der Waals surface area contributed by atoms with Gasteiger partial charge in [-0.1, -0.05) is 60.2 Å². The standard InChI is InChI=1S/C18H19F2N/c1-14-7-9-16(10-8-14)17-12-21(13-18(17,19)20)11-15-5-3-2-4-6-15/h2-10,17H,11-13H2,1H3. The van der Waals surface area contributed by atoms with Crippen molar-refractivity contribution < 1.29 is 8.78 Å². The molecule has 0 radical (unpaired) electrons. The van der Waals surface area contributed by atoms with Gasteiger partial charge in [-0.05, 0) is 18.1 Å². The van der Waals surface area contributed by atoms with E-state index in [0.717, 1.165) is 16.7 Å². The molecular formula is C18H19F2N. The number of hydrogen-bond acceptors (Lipinski definition) is 1. The largest absolute Gasteiger partial charge is 0.292 e. The van der Waals surface area contributed by atoms with E-state index in [1.54, 1.807) is 0 Å². The highest BCUT2D eigenvalue weighted by Crippen LogP contribution is 2.40. The Labute approximate surface area is 124 Å². The maximum absolute atomic E-state index is 14.3. The number of likely N-dealkylation sites (tertiary alicyclic amines) is 1. The normalized spacial score (nSPS) is 21.6. The van der Waals surface area contributed by atoms with Gasteiger partial charge in [0.2, 0.25) is 0 Å². The van der Waals surface area contributed by atoms with Crippen LogP contribution in [-0.4, -0.2) is 23.9 Å². The molecule has 2 aromatic rings. The van der Waals surface area contributed by atoms with Gasteiger partial charge in [-0.2, -0.15) is 0 Å². The number of halogens is 2. The highest BCUT2D eigenvalue weighted by Gasteiger charge is 2.48. The summed E-state index contributed by atoms with van der Waals surface area (Å²) in [5.41, 5.74) is 2.92. The molecule has 0 saturated carbocycles. The van der Waals surface area contributed by atoms with Gasteiger partial charge < -0.3 is 0 Å². The first-order chi connectivity index (χ1) is 10.0. The van der Waals surface area contributed by atoms with Gasteiger partial charge in [0.05, 0.1) is 12.5 Å². The molecule has 1 fully saturated rings. The molecular weight excluding hydrogens is 268 g/mol. The predicted octanol–water partition coefficient (Wildman–Crippen LogP) is 4.23. The Balaban J connectivity index is 1.76. The molecule has 0 N–H and O–H groups in total. The van der Waals surface area contributed by atoms with Gasteiger partial charge in [0.1, 0.15) is 0 Å². The molecule has 3 rings (SSSR count). The van der Waals surface area contributed by atoms with Crippen LogP contribution in [0, 0.1) is 6.92 Å². The number of nitrogens with zero attached hydrogens (tertiary/aromatic N) is 1. The van der Waals surface area contributed by atoms with Crippen LogP contribution in [0.5, 0.6) is 0 Å². The van der Waals surface area contributed by atoms with Gasteiger partial charge in [-0.25, -0.2) is 8.78 Å². The fourth-order valence-corrected chi connectivity index (χ4v) is 2.97. The van der Waals surface area contributed by atoms with E-state index >= 15 is 0 Å². The summed E-state index contributed by atoms with van der Waals surface area (Å²) in [6.45, 7) is 2.79. The third kappa shape index (κ3) is 3.13. The second-order valence-corrected chi connectivity index (χ2v) is 5.88. The summed E-state index contributed by atoms with van der Waals surface area (Å²) < 4.78 is 28.6. The molecule has 1 heterocycles. The van der Waals surface area contributed by atoms with Crippen molar-refractivity contribution in [3.8, 4) is 0 Å². The Bertz CT molecular complexity index is 592. The van der Waals surface area contributed by atoms with Crippen LogP contribution in [0.4, 0.5) is 8.78 Å². The van der Waals surface area contributed by atoms with Gasteiger partial charge in [0.15, 0.2) is 0 Å². The highest BCUT2D eigenvalue weighted by molar-refractivity contribution is 5.28. The van der Waals surface area contributed by atoms with Crippen LogP contribution < -0.4 is 0 Å². The van der Waals surface area contributed by atoms with Crippen LogP contribution in [0.2, 0.25) is 0 Å². The first kappa shape index (κ1) is 14.2. The molecule has 0 aromatic heterocycles. The third-order valence-electron chi connectivity index (χ3n) is 4.11. The van der Waals surface area contributed by atoms with Crippen molar-refractivity contribution in [1.82, 2.24) is 4.90 Å². The molecule has 1 unspecified atom stereocenters. The third-order valence-corrected chi connectivity index (χ3v) is 4.11. The van der Waals surface area contributed by atoms with Crippen molar-refractivity contribution in [2.45, 2.75) is 25.3 Å². The summed E-state index contributed by atoms with van der Waals surface area (Å²) in [6, 6.07) is 17.3. The quantitative estimate of drug-likeness (QED) is 0.816. The number of rotatable bonds is 3. The highest BCUT2D eigenvalue weighted by atomic mass is 19.3. The molecule has 1 saturated heterocycles. The summed E-state index contributed by atoms with van der Waals surface area (Å²) in [7, 11) is 0. The molecule has 110 valence electrons. The van der Waals surface area contributed by atoms with E-state index in [0.29, 0.717) is 13.1 Å². The topological polar surface area (TPSA) is 3.24 Å². The Kier molecular flexibility index (Phi) is 3.77. The summed E-state index contributed by atoms with van der Waals surface area (Å²) in [6.07, 6.45) is 0. The van der Waals surface area contributed by atoms with E-state index in [2.05, 4.69) is 0 Å². The lowest BCUT2D eigenvalue weighted by Gasteiger charge is -2.17. The Morgan fingerprint density at radius 2 is 1.71 bits per heavy atom. The van der Waals surface area contributed by atoms with Gasteiger partial charge in [-0.3, -0.25) is 4.90 Å². The molecule has 1 atom stereocenters. The van der Waals surface area contributed by atoms with E-state index in [9.17, 15) is 8.78 Å². The lowest BCUT2D eigenvalue weighted by atomic mass is 9.95. The fraction of sp³-hybridized carbons (Fsp3) is 0.333. The van der Waals surface area contributed by atoms with E-state index < -0.39 is 11.8 Å². The van der Waals surface area contributed by atoms with Crippen LogP contribution in [0.15, 0.2) is 54.6 Å². The van der Waals surface area contributed by atoms with Crippen molar-refractivity contribution in [2.24, 2.45) is 0 Å². The zero-order valence-corrected chi connectivity index (χ0v) is 12.1. The molecule has 1 nitrogen and oxygen atoms in total. The SMILES string of the molecule is Cc1ccc(C2CN(Cc3ccccc3)CC2(F)F)cc1. The van der Waals surface area contributed by atoms with E-state index in [4.69, 9.17) is 0 Å². The number of alkyl halides is 2. The molecule has 0 amide bonds. The van der Waals surface area contributed by atoms with Crippen molar-refractivity contribution in [2.75, 3.05) is 13.1 Å². The summed E-state index contributed by atoms with van der Waals surface area (Å²) in [4.78, 5) is 1.85. The molecule has 0 aliphatic carbocycles. The molecule has 1 aliphatic rings. The van der Waals surface area contributed by atoms with Crippen LogP contribution in [0.3, 0.4) is 0 Å². The number of aryl methyl sites for hydroxylation is 1. The van der Waals surface area contributed by atoms with Crippen LogP contribution >= 0.6 is 0 Å². The zero-order chi connectivity index (χ0) is 14.9. The van der Waals surface area contributed by atoms with E-state index in [1.807, 2.05) is 66.4 Å². The molecule has 1 aliphatic heterocycles. The van der Waals surface area contributed by atoms with Crippen LogP contribution in [0.25, 0.3) is 0 Å². The van der Waals surface area contributed by atoms with E-state index in [-0.39, 0.29) is 6.54 Å². The second-order valence-electron chi connectivity index (χ2n) is 5.88.